The van der Waals surface area contributed by atoms with Gasteiger partial charge in [-0.25, -0.2) is 0 Å². The predicted octanol–water partition coefficient (Wildman–Crippen LogP) is 3.28. The normalized spacial score (nSPS) is 17.0. The number of nitrogens with one attached hydrogen (secondary N) is 2. The van der Waals surface area contributed by atoms with Crippen molar-refractivity contribution in [2.45, 2.75) is 24.9 Å². The van der Waals surface area contributed by atoms with E-state index >= 15 is 0 Å². The number of aliphatic carboxylic acids is 1. The molecule has 0 aliphatic carbocycles. The van der Waals surface area contributed by atoms with Crippen LogP contribution < -0.4 is 15.8 Å². The van der Waals surface area contributed by atoms with Gasteiger partial charge in [-0.05, 0) is 59.5 Å². The van der Waals surface area contributed by atoms with E-state index in [1.54, 1.807) is 0 Å². The molecule has 0 amide bonds. The predicted molar refractivity (Wildman–Crippen MR) is 117 cm³/mol. The van der Waals surface area contributed by atoms with E-state index in [-0.39, 0.29) is 11.9 Å². The molecular formula is C24H25N3O3. The summed E-state index contributed by atoms with van der Waals surface area (Å²) in [5, 5.41) is 22.6. The molecule has 6 nitrogen and oxygen atoms in total. The zero-order chi connectivity index (χ0) is 21.1. The lowest BCUT2D eigenvalue weighted by Crippen LogP contribution is -2.19. The number of rotatable bonds is 7. The van der Waals surface area contributed by atoms with Gasteiger partial charge in [0.25, 0.3) is 0 Å². The van der Waals surface area contributed by atoms with Crippen LogP contribution in [0.3, 0.4) is 0 Å². The SMILES string of the molecule is N=C(N)c1ccc2cc(CC(C(=O)O)c3ccc(O[C@H]4CCNC4)cc3)ccc2c1. The molecule has 30 heavy (non-hydrogen) atoms. The van der Waals surface area contributed by atoms with Crippen LogP contribution in [0, 0.1) is 5.41 Å². The number of hydrogen-bond acceptors (Lipinski definition) is 4. The van der Waals surface area contributed by atoms with E-state index in [4.69, 9.17) is 15.9 Å². The lowest BCUT2D eigenvalue weighted by molar-refractivity contribution is -0.138. The van der Waals surface area contributed by atoms with Gasteiger partial charge in [-0.3, -0.25) is 10.2 Å². The summed E-state index contributed by atoms with van der Waals surface area (Å²) in [4.78, 5) is 12.0. The van der Waals surface area contributed by atoms with Crippen LogP contribution in [0.25, 0.3) is 10.8 Å². The number of hydrogen-bond donors (Lipinski definition) is 4. The standard InChI is InChI=1S/C24H25N3O3/c25-23(26)19-4-3-17-11-15(1-2-18(17)13-19)12-22(24(28)29)16-5-7-20(8-6-16)30-21-9-10-27-14-21/h1-8,11,13,21-22,27H,9-10,12,14H2,(H3,25,26)(H,28,29)/t21-,22?/m0/s1. The molecule has 0 bridgehead atoms. The van der Waals surface area contributed by atoms with E-state index in [2.05, 4.69) is 5.32 Å². The summed E-state index contributed by atoms with van der Waals surface area (Å²) in [6, 6.07) is 18.9. The Kier molecular flexibility index (Phi) is 5.68. The topological polar surface area (TPSA) is 108 Å². The van der Waals surface area contributed by atoms with Crippen molar-refractivity contribution in [1.82, 2.24) is 5.32 Å². The van der Waals surface area contributed by atoms with Crippen LogP contribution in [-0.2, 0) is 11.2 Å². The zero-order valence-electron chi connectivity index (χ0n) is 16.6. The maximum Gasteiger partial charge on any atom is 0.311 e. The molecule has 2 atom stereocenters. The minimum absolute atomic E-state index is 0.0311. The van der Waals surface area contributed by atoms with Crippen molar-refractivity contribution in [2.24, 2.45) is 5.73 Å². The Morgan fingerprint density at radius 1 is 1.13 bits per heavy atom. The lowest BCUT2D eigenvalue weighted by atomic mass is 9.91. The molecule has 3 aromatic carbocycles. The molecule has 1 saturated heterocycles. The molecule has 0 spiro atoms. The summed E-state index contributed by atoms with van der Waals surface area (Å²) in [5.41, 5.74) is 7.94. The van der Waals surface area contributed by atoms with Crippen LogP contribution in [-0.4, -0.2) is 36.1 Å². The number of carboxylic acids is 1. The van der Waals surface area contributed by atoms with Crippen LogP contribution in [0.5, 0.6) is 5.75 Å². The van der Waals surface area contributed by atoms with E-state index in [0.717, 1.165) is 47.2 Å². The van der Waals surface area contributed by atoms with Crippen molar-refractivity contribution in [3.63, 3.8) is 0 Å². The average molecular weight is 403 g/mol. The maximum absolute atomic E-state index is 12.0. The Morgan fingerprint density at radius 2 is 1.87 bits per heavy atom. The van der Waals surface area contributed by atoms with Crippen LogP contribution in [0.2, 0.25) is 0 Å². The Bertz CT molecular complexity index is 1070. The fourth-order valence-corrected chi connectivity index (χ4v) is 3.87. The lowest BCUT2D eigenvalue weighted by Gasteiger charge is -2.16. The summed E-state index contributed by atoms with van der Waals surface area (Å²) in [7, 11) is 0. The summed E-state index contributed by atoms with van der Waals surface area (Å²) in [6.45, 7) is 1.81. The average Bonchev–Trinajstić information content (AvgIpc) is 3.25. The number of nitrogen functional groups attached to an aromatic ring is 1. The third-order valence-electron chi connectivity index (χ3n) is 5.55. The van der Waals surface area contributed by atoms with Crippen molar-refractivity contribution in [3.05, 3.63) is 77.4 Å². The summed E-state index contributed by atoms with van der Waals surface area (Å²) < 4.78 is 5.93. The molecule has 1 fully saturated rings. The molecule has 3 aromatic rings. The van der Waals surface area contributed by atoms with E-state index in [0.29, 0.717) is 12.0 Å². The minimum Gasteiger partial charge on any atom is -0.489 e. The Labute approximate surface area is 175 Å². The fourth-order valence-electron chi connectivity index (χ4n) is 3.87. The number of carboxylic acid groups (broad SMARTS) is 1. The van der Waals surface area contributed by atoms with E-state index in [1.807, 2.05) is 60.7 Å². The van der Waals surface area contributed by atoms with Gasteiger partial charge in [0.1, 0.15) is 17.7 Å². The van der Waals surface area contributed by atoms with Crippen LogP contribution >= 0.6 is 0 Å². The van der Waals surface area contributed by atoms with Gasteiger partial charge in [-0.2, -0.15) is 0 Å². The first-order valence-electron chi connectivity index (χ1n) is 10.1. The number of amidine groups is 1. The molecule has 154 valence electrons. The van der Waals surface area contributed by atoms with Gasteiger partial charge < -0.3 is 20.9 Å². The summed E-state index contributed by atoms with van der Waals surface area (Å²) in [6.07, 6.45) is 1.55. The van der Waals surface area contributed by atoms with Crippen molar-refractivity contribution in [1.29, 1.82) is 5.41 Å². The Balaban J connectivity index is 1.52. The molecular weight excluding hydrogens is 378 g/mol. The third kappa shape index (κ3) is 4.44. The number of fused-ring (bicyclic) bond motifs is 1. The summed E-state index contributed by atoms with van der Waals surface area (Å²) in [5.74, 6) is -0.691. The van der Waals surface area contributed by atoms with Crippen molar-refractivity contribution < 1.29 is 14.6 Å². The highest BCUT2D eigenvalue weighted by molar-refractivity contribution is 5.99. The molecule has 1 aliphatic rings. The van der Waals surface area contributed by atoms with E-state index in [9.17, 15) is 9.90 Å². The zero-order valence-corrected chi connectivity index (χ0v) is 16.6. The third-order valence-corrected chi connectivity index (χ3v) is 5.55. The Hall–Kier alpha value is -3.38. The number of ether oxygens (including phenoxy) is 1. The molecule has 0 radical (unpaired) electrons. The largest absolute Gasteiger partial charge is 0.489 e. The molecule has 6 heteroatoms. The second-order valence-electron chi connectivity index (χ2n) is 7.71. The van der Waals surface area contributed by atoms with Crippen molar-refractivity contribution in [3.8, 4) is 5.75 Å². The van der Waals surface area contributed by atoms with Gasteiger partial charge in [-0.15, -0.1) is 0 Å². The monoisotopic (exact) mass is 403 g/mol. The van der Waals surface area contributed by atoms with Crippen LogP contribution in [0.15, 0.2) is 60.7 Å². The van der Waals surface area contributed by atoms with Gasteiger partial charge in [0.05, 0.1) is 5.92 Å². The molecule has 5 N–H and O–H groups in total. The second kappa shape index (κ2) is 8.55. The molecule has 4 rings (SSSR count). The van der Waals surface area contributed by atoms with Gasteiger partial charge in [0, 0.05) is 12.1 Å². The smallest absolute Gasteiger partial charge is 0.311 e. The number of nitrogens with two attached hydrogens (primary N) is 1. The maximum atomic E-state index is 12.0. The highest BCUT2D eigenvalue weighted by atomic mass is 16.5. The van der Waals surface area contributed by atoms with Crippen molar-refractivity contribution >= 4 is 22.6 Å². The number of carbonyl (C=O) groups is 1. The van der Waals surface area contributed by atoms with E-state index in [1.165, 1.54) is 0 Å². The van der Waals surface area contributed by atoms with Gasteiger partial charge in [0.15, 0.2) is 0 Å². The quantitative estimate of drug-likeness (QED) is 0.358. The highest BCUT2D eigenvalue weighted by Crippen LogP contribution is 2.26. The first-order valence-corrected chi connectivity index (χ1v) is 10.1. The van der Waals surface area contributed by atoms with Crippen molar-refractivity contribution in [2.75, 3.05) is 13.1 Å². The summed E-state index contributed by atoms with van der Waals surface area (Å²) >= 11 is 0. The van der Waals surface area contributed by atoms with Crippen LogP contribution in [0.1, 0.15) is 29.0 Å². The minimum atomic E-state index is -0.851. The molecule has 1 unspecified atom stereocenters. The van der Waals surface area contributed by atoms with Gasteiger partial charge >= 0.3 is 5.97 Å². The molecule has 0 saturated carbocycles. The molecule has 1 heterocycles. The number of benzene rings is 3. The highest BCUT2D eigenvalue weighted by Gasteiger charge is 2.21. The molecule has 1 aliphatic heterocycles. The first kappa shape index (κ1) is 19.9. The first-order chi connectivity index (χ1) is 14.5. The fraction of sp³-hybridized carbons (Fsp3) is 0.250. The molecule has 0 aromatic heterocycles. The van der Waals surface area contributed by atoms with E-state index < -0.39 is 11.9 Å². The second-order valence-corrected chi connectivity index (χ2v) is 7.71. The Morgan fingerprint density at radius 3 is 2.53 bits per heavy atom. The van der Waals surface area contributed by atoms with Gasteiger partial charge in [-0.1, -0.05) is 42.5 Å². The van der Waals surface area contributed by atoms with Gasteiger partial charge in [0.2, 0.25) is 0 Å². The van der Waals surface area contributed by atoms with Crippen LogP contribution in [0.4, 0.5) is 0 Å².